The SMILES string of the molecule is CC1CN(CC(=O)O)C(=O)C1C. The van der Waals surface area contributed by atoms with E-state index in [0.29, 0.717) is 6.54 Å². The number of carbonyl (C=O) groups is 2. The first-order chi connectivity index (χ1) is 5.52. The zero-order valence-corrected chi connectivity index (χ0v) is 7.28. The third-order valence-electron chi connectivity index (χ3n) is 2.39. The second kappa shape index (κ2) is 3.13. The smallest absolute Gasteiger partial charge is 0.323 e. The fourth-order valence-electron chi connectivity index (χ4n) is 1.43. The monoisotopic (exact) mass is 171 g/mol. The molecule has 0 aromatic carbocycles. The molecular weight excluding hydrogens is 158 g/mol. The summed E-state index contributed by atoms with van der Waals surface area (Å²) in [6.07, 6.45) is 0. The Morgan fingerprint density at radius 2 is 2.25 bits per heavy atom. The van der Waals surface area contributed by atoms with Gasteiger partial charge in [-0.25, -0.2) is 0 Å². The van der Waals surface area contributed by atoms with Gasteiger partial charge in [0.1, 0.15) is 6.54 Å². The van der Waals surface area contributed by atoms with Gasteiger partial charge in [-0.2, -0.15) is 0 Å². The molecule has 0 radical (unpaired) electrons. The highest BCUT2D eigenvalue weighted by Crippen LogP contribution is 2.22. The van der Waals surface area contributed by atoms with E-state index in [-0.39, 0.29) is 24.3 Å². The second-order valence-corrected chi connectivity index (χ2v) is 3.38. The maximum Gasteiger partial charge on any atom is 0.323 e. The lowest BCUT2D eigenvalue weighted by molar-refractivity contribution is -0.143. The Morgan fingerprint density at radius 3 is 2.58 bits per heavy atom. The maximum absolute atomic E-state index is 11.3. The van der Waals surface area contributed by atoms with E-state index in [4.69, 9.17) is 5.11 Å². The Balaban J connectivity index is 2.59. The van der Waals surface area contributed by atoms with Crippen molar-refractivity contribution in [1.82, 2.24) is 4.90 Å². The predicted molar refractivity (Wildman–Crippen MR) is 42.5 cm³/mol. The summed E-state index contributed by atoms with van der Waals surface area (Å²) >= 11 is 0. The minimum absolute atomic E-state index is 0.0238. The highest BCUT2D eigenvalue weighted by atomic mass is 16.4. The molecule has 1 amide bonds. The highest BCUT2D eigenvalue weighted by Gasteiger charge is 2.34. The summed E-state index contributed by atoms with van der Waals surface area (Å²) in [5.74, 6) is -0.726. The minimum Gasteiger partial charge on any atom is -0.480 e. The van der Waals surface area contributed by atoms with E-state index >= 15 is 0 Å². The van der Waals surface area contributed by atoms with Crippen LogP contribution in [0.2, 0.25) is 0 Å². The van der Waals surface area contributed by atoms with Crippen molar-refractivity contribution in [1.29, 1.82) is 0 Å². The Kier molecular flexibility index (Phi) is 2.35. The number of carboxylic acids is 1. The van der Waals surface area contributed by atoms with E-state index in [2.05, 4.69) is 0 Å². The summed E-state index contributed by atoms with van der Waals surface area (Å²) in [4.78, 5) is 23.0. The molecule has 1 heterocycles. The summed E-state index contributed by atoms with van der Waals surface area (Å²) in [6, 6.07) is 0. The number of aliphatic carboxylic acids is 1. The summed E-state index contributed by atoms with van der Waals surface area (Å²) in [5.41, 5.74) is 0. The van der Waals surface area contributed by atoms with Crippen LogP contribution in [0.25, 0.3) is 0 Å². The van der Waals surface area contributed by atoms with Crippen molar-refractivity contribution in [3.8, 4) is 0 Å². The molecule has 1 aliphatic rings. The van der Waals surface area contributed by atoms with Crippen LogP contribution in [0.4, 0.5) is 0 Å². The Labute approximate surface area is 71.2 Å². The van der Waals surface area contributed by atoms with Crippen LogP contribution in [-0.2, 0) is 9.59 Å². The summed E-state index contributed by atoms with van der Waals surface area (Å²) in [5, 5.41) is 8.47. The number of amides is 1. The predicted octanol–water partition coefficient (Wildman–Crippen LogP) is 0.185. The van der Waals surface area contributed by atoms with Gasteiger partial charge in [0.05, 0.1) is 0 Å². The van der Waals surface area contributed by atoms with Gasteiger partial charge >= 0.3 is 5.97 Å². The quantitative estimate of drug-likeness (QED) is 0.645. The fraction of sp³-hybridized carbons (Fsp3) is 0.750. The normalized spacial score (nSPS) is 29.5. The molecule has 0 aliphatic carbocycles. The van der Waals surface area contributed by atoms with Crippen molar-refractivity contribution in [3.05, 3.63) is 0 Å². The van der Waals surface area contributed by atoms with Crippen LogP contribution in [-0.4, -0.2) is 35.0 Å². The molecule has 0 aromatic heterocycles. The number of likely N-dealkylation sites (tertiary alicyclic amines) is 1. The van der Waals surface area contributed by atoms with Crippen LogP contribution in [0, 0.1) is 11.8 Å². The van der Waals surface area contributed by atoms with Gasteiger partial charge in [-0.3, -0.25) is 9.59 Å². The maximum atomic E-state index is 11.3. The number of rotatable bonds is 2. The van der Waals surface area contributed by atoms with E-state index in [1.165, 1.54) is 4.90 Å². The van der Waals surface area contributed by atoms with Crippen LogP contribution < -0.4 is 0 Å². The van der Waals surface area contributed by atoms with Crippen LogP contribution in [0.15, 0.2) is 0 Å². The van der Waals surface area contributed by atoms with Crippen LogP contribution in [0.5, 0.6) is 0 Å². The molecule has 0 saturated carbocycles. The molecule has 1 fully saturated rings. The molecule has 4 nitrogen and oxygen atoms in total. The zero-order valence-electron chi connectivity index (χ0n) is 7.28. The average Bonchev–Trinajstić information content (AvgIpc) is 2.17. The van der Waals surface area contributed by atoms with Gasteiger partial charge in [0.15, 0.2) is 0 Å². The lowest BCUT2D eigenvalue weighted by Gasteiger charge is -2.12. The molecule has 2 unspecified atom stereocenters. The first-order valence-corrected chi connectivity index (χ1v) is 4.03. The lowest BCUT2D eigenvalue weighted by atomic mass is 10.0. The Morgan fingerprint density at radius 1 is 1.67 bits per heavy atom. The number of nitrogens with zero attached hydrogens (tertiary/aromatic N) is 1. The van der Waals surface area contributed by atoms with Crippen molar-refractivity contribution >= 4 is 11.9 Å². The Hall–Kier alpha value is -1.06. The van der Waals surface area contributed by atoms with Gasteiger partial charge in [0.25, 0.3) is 0 Å². The molecule has 0 spiro atoms. The molecule has 1 saturated heterocycles. The van der Waals surface area contributed by atoms with Crippen molar-refractivity contribution < 1.29 is 14.7 Å². The molecule has 2 atom stereocenters. The number of carboxylic acid groups (broad SMARTS) is 1. The number of hydrogen-bond donors (Lipinski definition) is 1. The molecule has 12 heavy (non-hydrogen) atoms. The van der Waals surface area contributed by atoms with Crippen molar-refractivity contribution in [3.63, 3.8) is 0 Å². The summed E-state index contributed by atoms with van der Waals surface area (Å²) < 4.78 is 0. The molecule has 0 bridgehead atoms. The van der Waals surface area contributed by atoms with Gasteiger partial charge in [-0.1, -0.05) is 13.8 Å². The van der Waals surface area contributed by atoms with Gasteiger partial charge < -0.3 is 10.0 Å². The van der Waals surface area contributed by atoms with E-state index in [0.717, 1.165) is 0 Å². The molecule has 4 heteroatoms. The second-order valence-electron chi connectivity index (χ2n) is 3.38. The summed E-state index contributed by atoms with van der Waals surface area (Å²) in [7, 11) is 0. The molecule has 1 aliphatic heterocycles. The van der Waals surface area contributed by atoms with E-state index in [1.807, 2.05) is 13.8 Å². The number of hydrogen-bond acceptors (Lipinski definition) is 2. The Bertz CT molecular complexity index is 214. The molecule has 1 N–H and O–H groups in total. The van der Waals surface area contributed by atoms with Crippen molar-refractivity contribution in [2.75, 3.05) is 13.1 Å². The van der Waals surface area contributed by atoms with Crippen molar-refractivity contribution in [2.24, 2.45) is 11.8 Å². The average molecular weight is 171 g/mol. The van der Waals surface area contributed by atoms with Gasteiger partial charge in [0, 0.05) is 12.5 Å². The summed E-state index contributed by atoms with van der Waals surface area (Å²) in [6.45, 7) is 4.22. The third kappa shape index (κ3) is 1.57. The largest absolute Gasteiger partial charge is 0.480 e. The topological polar surface area (TPSA) is 57.6 Å². The zero-order chi connectivity index (χ0) is 9.30. The third-order valence-corrected chi connectivity index (χ3v) is 2.39. The van der Waals surface area contributed by atoms with Crippen molar-refractivity contribution in [2.45, 2.75) is 13.8 Å². The fourth-order valence-corrected chi connectivity index (χ4v) is 1.43. The minimum atomic E-state index is -0.940. The molecular formula is C8H13NO3. The molecule has 68 valence electrons. The van der Waals surface area contributed by atoms with Crippen LogP contribution in [0.1, 0.15) is 13.8 Å². The lowest BCUT2D eigenvalue weighted by Crippen LogP contribution is -2.32. The van der Waals surface area contributed by atoms with E-state index in [1.54, 1.807) is 0 Å². The first kappa shape index (κ1) is 9.03. The van der Waals surface area contributed by atoms with Gasteiger partial charge in [-0.05, 0) is 5.92 Å². The van der Waals surface area contributed by atoms with Gasteiger partial charge in [-0.15, -0.1) is 0 Å². The molecule has 0 aromatic rings. The molecule has 1 rings (SSSR count). The van der Waals surface area contributed by atoms with E-state index < -0.39 is 5.97 Å². The van der Waals surface area contributed by atoms with Gasteiger partial charge in [0.2, 0.25) is 5.91 Å². The van der Waals surface area contributed by atoms with E-state index in [9.17, 15) is 9.59 Å². The first-order valence-electron chi connectivity index (χ1n) is 4.03. The number of carbonyl (C=O) groups excluding carboxylic acids is 1. The highest BCUT2D eigenvalue weighted by molar-refractivity contribution is 5.84. The van der Waals surface area contributed by atoms with Crippen LogP contribution >= 0.6 is 0 Å². The van der Waals surface area contributed by atoms with Crippen LogP contribution in [0.3, 0.4) is 0 Å². The standard InChI is InChI=1S/C8H13NO3/c1-5-3-9(4-7(10)11)8(12)6(5)2/h5-6H,3-4H2,1-2H3,(H,10,11).